The Morgan fingerprint density at radius 1 is 1.13 bits per heavy atom. The molecule has 0 aromatic carbocycles. The first-order valence-electron chi connectivity index (χ1n) is 8.92. The predicted molar refractivity (Wildman–Crippen MR) is 94.4 cm³/mol. The van der Waals surface area contributed by atoms with Crippen LogP contribution in [0.1, 0.15) is 51.9 Å². The topological polar surface area (TPSA) is 75.4 Å². The van der Waals surface area contributed by atoms with Gasteiger partial charge in [-0.1, -0.05) is 13.3 Å². The fourth-order valence-electron chi connectivity index (χ4n) is 3.81. The number of carbonyl (C=O) groups excluding carboxylic acids is 2. The van der Waals surface area contributed by atoms with Crippen molar-refractivity contribution in [1.29, 1.82) is 0 Å². The van der Waals surface area contributed by atoms with Crippen LogP contribution in [0.4, 0.5) is 0 Å². The van der Waals surface area contributed by atoms with Crippen LogP contribution < -0.4 is 11.1 Å². The second-order valence-corrected chi connectivity index (χ2v) is 6.83. The third-order valence-electron chi connectivity index (χ3n) is 5.32. The van der Waals surface area contributed by atoms with Crippen LogP contribution in [-0.4, -0.2) is 42.9 Å². The van der Waals surface area contributed by atoms with E-state index < -0.39 is 0 Å². The van der Waals surface area contributed by atoms with Gasteiger partial charge in [-0.05, 0) is 44.4 Å². The first-order chi connectivity index (χ1) is 10.7. The predicted octanol–water partition coefficient (Wildman–Crippen LogP) is 1.94. The molecular formula is C17H32ClN3O2. The van der Waals surface area contributed by atoms with Crippen LogP contribution in [0, 0.1) is 17.8 Å². The van der Waals surface area contributed by atoms with Gasteiger partial charge in [0.15, 0.2) is 0 Å². The van der Waals surface area contributed by atoms with Gasteiger partial charge in [-0.25, -0.2) is 0 Å². The van der Waals surface area contributed by atoms with Crippen molar-refractivity contribution in [3.05, 3.63) is 0 Å². The monoisotopic (exact) mass is 345 g/mol. The molecule has 0 aromatic rings. The molecule has 1 saturated carbocycles. The van der Waals surface area contributed by atoms with Gasteiger partial charge >= 0.3 is 0 Å². The molecule has 0 spiro atoms. The third-order valence-corrected chi connectivity index (χ3v) is 5.32. The molecule has 0 aromatic heterocycles. The molecule has 2 fully saturated rings. The van der Waals surface area contributed by atoms with Gasteiger partial charge in [0.05, 0.1) is 5.92 Å². The molecule has 134 valence electrons. The number of nitrogens with zero attached hydrogens (tertiary/aromatic N) is 1. The molecule has 2 rings (SSSR count). The van der Waals surface area contributed by atoms with Gasteiger partial charge < -0.3 is 16.0 Å². The number of hydrogen-bond donors (Lipinski definition) is 2. The quantitative estimate of drug-likeness (QED) is 0.799. The lowest BCUT2D eigenvalue weighted by Gasteiger charge is -2.36. The molecule has 1 heterocycles. The number of nitrogens with one attached hydrogen (secondary N) is 1. The van der Waals surface area contributed by atoms with E-state index in [1.807, 2.05) is 4.90 Å². The summed E-state index contributed by atoms with van der Waals surface area (Å²) in [5, 5.41) is 2.85. The molecule has 2 amide bonds. The Hall–Kier alpha value is -0.810. The smallest absolute Gasteiger partial charge is 0.225 e. The number of hydrogen-bond acceptors (Lipinski definition) is 3. The van der Waals surface area contributed by atoms with Gasteiger partial charge in [0, 0.05) is 32.1 Å². The average Bonchev–Trinajstić information content (AvgIpc) is 2.59. The van der Waals surface area contributed by atoms with Crippen LogP contribution in [0.15, 0.2) is 0 Å². The van der Waals surface area contributed by atoms with Gasteiger partial charge in [0.2, 0.25) is 11.8 Å². The van der Waals surface area contributed by atoms with E-state index in [1.165, 1.54) is 19.3 Å². The highest BCUT2D eigenvalue weighted by atomic mass is 35.5. The number of carbonyl (C=O) groups is 2. The van der Waals surface area contributed by atoms with Crippen LogP contribution in [0.2, 0.25) is 0 Å². The maximum Gasteiger partial charge on any atom is 0.225 e. The van der Waals surface area contributed by atoms with E-state index in [-0.39, 0.29) is 36.1 Å². The van der Waals surface area contributed by atoms with Crippen LogP contribution >= 0.6 is 12.4 Å². The fourth-order valence-corrected chi connectivity index (χ4v) is 3.81. The zero-order valence-electron chi connectivity index (χ0n) is 14.3. The number of amides is 2. The van der Waals surface area contributed by atoms with Crippen LogP contribution in [0.25, 0.3) is 0 Å². The van der Waals surface area contributed by atoms with Crippen LogP contribution in [0.3, 0.4) is 0 Å². The standard InChI is InChI=1S/C17H31N3O2.ClH/c1-2-13-5-7-14(8-6-13)17(22)20-11-3-4-15(12-20)16(21)19-10-9-18;/h13-15H,2-12,18H2,1H3,(H,19,21);1H. The molecule has 5 nitrogen and oxygen atoms in total. The summed E-state index contributed by atoms with van der Waals surface area (Å²) >= 11 is 0. The Balaban J connectivity index is 0.00000264. The lowest BCUT2D eigenvalue weighted by Crippen LogP contribution is -2.48. The maximum absolute atomic E-state index is 12.7. The maximum atomic E-state index is 12.7. The molecule has 0 radical (unpaired) electrons. The van der Waals surface area contributed by atoms with Crippen molar-refractivity contribution in [3.8, 4) is 0 Å². The minimum absolute atomic E-state index is 0. The number of rotatable bonds is 5. The van der Waals surface area contributed by atoms with E-state index in [4.69, 9.17) is 5.73 Å². The minimum Gasteiger partial charge on any atom is -0.355 e. The van der Waals surface area contributed by atoms with Crippen molar-refractivity contribution < 1.29 is 9.59 Å². The number of nitrogens with two attached hydrogens (primary N) is 1. The SMILES string of the molecule is CCC1CCC(C(=O)N2CCCC(C(=O)NCCN)C2)CC1.Cl. The largest absolute Gasteiger partial charge is 0.355 e. The normalized spacial score (nSPS) is 27.9. The molecule has 1 aliphatic heterocycles. The van der Waals surface area contributed by atoms with Gasteiger partial charge in [0.25, 0.3) is 0 Å². The molecule has 1 aliphatic carbocycles. The van der Waals surface area contributed by atoms with Gasteiger partial charge in [-0.3, -0.25) is 9.59 Å². The van der Waals surface area contributed by atoms with Gasteiger partial charge in [-0.2, -0.15) is 0 Å². The summed E-state index contributed by atoms with van der Waals surface area (Å²) in [7, 11) is 0. The van der Waals surface area contributed by atoms with Crippen molar-refractivity contribution in [2.75, 3.05) is 26.2 Å². The van der Waals surface area contributed by atoms with Crippen molar-refractivity contribution in [2.45, 2.75) is 51.9 Å². The van der Waals surface area contributed by atoms with Crippen molar-refractivity contribution in [3.63, 3.8) is 0 Å². The average molecular weight is 346 g/mol. The summed E-state index contributed by atoms with van der Waals surface area (Å²) in [5.41, 5.74) is 5.42. The van der Waals surface area contributed by atoms with E-state index in [2.05, 4.69) is 12.2 Å². The second kappa shape index (κ2) is 10.1. The summed E-state index contributed by atoms with van der Waals surface area (Å²) in [6, 6.07) is 0. The lowest BCUT2D eigenvalue weighted by atomic mass is 9.80. The highest BCUT2D eigenvalue weighted by molar-refractivity contribution is 5.85. The van der Waals surface area contributed by atoms with Crippen LogP contribution in [-0.2, 0) is 9.59 Å². The zero-order chi connectivity index (χ0) is 15.9. The highest BCUT2D eigenvalue weighted by Gasteiger charge is 2.33. The molecule has 1 atom stereocenters. The van der Waals surface area contributed by atoms with Crippen molar-refractivity contribution in [2.24, 2.45) is 23.5 Å². The number of halogens is 1. The van der Waals surface area contributed by atoms with Gasteiger partial charge in [0.1, 0.15) is 0 Å². The van der Waals surface area contributed by atoms with Crippen molar-refractivity contribution in [1.82, 2.24) is 10.2 Å². The Bertz CT molecular complexity index is 384. The fraction of sp³-hybridized carbons (Fsp3) is 0.882. The minimum atomic E-state index is -0.0590. The number of piperidine rings is 1. The second-order valence-electron chi connectivity index (χ2n) is 6.83. The molecule has 3 N–H and O–H groups in total. The summed E-state index contributed by atoms with van der Waals surface area (Å²) in [5.74, 6) is 1.27. The molecule has 23 heavy (non-hydrogen) atoms. The Morgan fingerprint density at radius 2 is 1.83 bits per heavy atom. The molecular weight excluding hydrogens is 314 g/mol. The molecule has 0 bridgehead atoms. The van der Waals surface area contributed by atoms with E-state index in [1.54, 1.807) is 0 Å². The van der Waals surface area contributed by atoms with Crippen molar-refractivity contribution >= 4 is 24.2 Å². The van der Waals surface area contributed by atoms with E-state index in [0.29, 0.717) is 19.6 Å². The summed E-state index contributed by atoms with van der Waals surface area (Å²) in [6.07, 6.45) is 7.45. The molecule has 1 saturated heterocycles. The first kappa shape index (κ1) is 20.2. The Kier molecular flexibility index (Phi) is 8.92. The van der Waals surface area contributed by atoms with E-state index >= 15 is 0 Å². The molecule has 6 heteroatoms. The van der Waals surface area contributed by atoms with E-state index in [0.717, 1.165) is 38.1 Å². The highest BCUT2D eigenvalue weighted by Crippen LogP contribution is 2.32. The molecule has 2 aliphatic rings. The summed E-state index contributed by atoms with van der Waals surface area (Å²) in [6.45, 7) is 4.62. The Labute approximate surface area is 146 Å². The Morgan fingerprint density at radius 3 is 2.43 bits per heavy atom. The zero-order valence-corrected chi connectivity index (χ0v) is 15.1. The summed E-state index contributed by atoms with van der Waals surface area (Å²) < 4.78 is 0. The lowest BCUT2D eigenvalue weighted by molar-refractivity contribution is -0.140. The van der Waals surface area contributed by atoms with Crippen LogP contribution in [0.5, 0.6) is 0 Å². The van der Waals surface area contributed by atoms with Gasteiger partial charge in [-0.15, -0.1) is 12.4 Å². The van der Waals surface area contributed by atoms with E-state index in [9.17, 15) is 9.59 Å². The molecule has 1 unspecified atom stereocenters. The third kappa shape index (κ3) is 5.64. The summed E-state index contributed by atoms with van der Waals surface area (Å²) in [4.78, 5) is 26.7. The first-order valence-corrected chi connectivity index (χ1v) is 8.92. The number of likely N-dealkylation sites (tertiary alicyclic amines) is 1.